The predicted molar refractivity (Wildman–Crippen MR) is 151 cm³/mol. The number of hydrogen-bond donors (Lipinski definition) is 1. The summed E-state index contributed by atoms with van der Waals surface area (Å²) in [6.45, 7) is 3.32. The average Bonchev–Trinajstić information content (AvgIpc) is 2.88. The number of nitrogens with zero attached hydrogens (tertiary/aromatic N) is 3. The van der Waals surface area contributed by atoms with Gasteiger partial charge < -0.3 is 15.0 Å². The molecule has 14 heteroatoms. The van der Waals surface area contributed by atoms with E-state index in [4.69, 9.17) is 27.9 Å². The number of carbonyl (C=O) groups is 2. The molecule has 0 aliphatic carbocycles. The van der Waals surface area contributed by atoms with E-state index in [-0.39, 0.29) is 35.1 Å². The first kappa shape index (κ1) is 32.1. The van der Waals surface area contributed by atoms with Gasteiger partial charge in [-0.25, -0.2) is 8.42 Å². The van der Waals surface area contributed by atoms with Gasteiger partial charge in [-0.05, 0) is 36.6 Å². The summed E-state index contributed by atoms with van der Waals surface area (Å²) in [7, 11) is -2.86. The fourth-order valence-corrected chi connectivity index (χ4v) is 5.01. The third kappa shape index (κ3) is 8.70. The SMILES string of the molecule is CCCCNC(=O)[C@@H](CC)N(Cc1ccc(Cl)c(Cl)c1)C(=O)CN(c1cc([N+](=O)[O-])ccc1OC)S(C)(=O)=O. The molecule has 0 saturated heterocycles. The lowest BCUT2D eigenvalue weighted by Crippen LogP contribution is -2.52. The van der Waals surface area contributed by atoms with Gasteiger partial charge in [0.25, 0.3) is 5.69 Å². The number of amides is 2. The molecule has 2 rings (SSSR count). The third-order valence-corrected chi connectivity index (χ3v) is 7.74. The van der Waals surface area contributed by atoms with E-state index in [1.165, 1.54) is 18.1 Å². The molecule has 1 N–H and O–H groups in total. The van der Waals surface area contributed by atoms with Gasteiger partial charge in [-0.15, -0.1) is 0 Å². The van der Waals surface area contributed by atoms with Crippen molar-refractivity contribution in [2.45, 2.75) is 45.7 Å². The lowest BCUT2D eigenvalue weighted by molar-refractivity contribution is -0.384. The zero-order valence-corrected chi connectivity index (χ0v) is 24.5. The maximum Gasteiger partial charge on any atom is 0.271 e. The van der Waals surface area contributed by atoms with Crippen LogP contribution in [0.15, 0.2) is 36.4 Å². The minimum Gasteiger partial charge on any atom is -0.495 e. The fraction of sp³-hybridized carbons (Fsp3) is 0.440. The van der Waals surface area contributed by atoms with E-state index in [9.17, 15) is 28.1 Å². The van der Waals surface area contributed by atoms with Crippen LogP contribution >= 0.6 is 23.2 Å². The predicted octanol–water partition coefficient (Wildman–Crippen LogP) is 4.40. The Morgan fingerprint density at radius 3 is 2.36 bits per heavy atom. The number of ether oxygens (including phenoxy) is 1. The maximum atomic E-state index is 13.8. The molecule has 0 heterocycles. The topological polar surface area (TPSA) is 139 Å². The molecule has 0 fully saturated rings. The molecule has 2 aromatic rings. The lowest BCUT2D eigenvalue weighted by Gasteiger charge is -2.33. The number of nitro benzene ring substituents is 1. The summed E-state index contributed by atoms with van der Waals surface area (Å²) in [5.74, 6) is -1.09. The van der Waals surface area contributed by atoms with E-state index < -0.39 is 39.3 Å². The fourth-order valence-electron chi connectivity index (χ4n) is 3.84. The Labute approximate surface area is 238 Å². The highest BCUT2D eigenvalue weighted by Gasteiger charge is 2.33. The van der Waals surface area contributed by atoms with Crippen LogP contribution in [0.25, 0.3) is 0 Å². The minimum atomic E-state index is -4.13. The molecule has 0 aliphatic heterocycles. The number of sulfonamides is 1. The van der Waals surface area contributed by atoms with Crippen LogP contribution in [-0.4, -0.2) is 62.6 Å². The number of carbonyl (C=O) groups excluding carboxylic acids is 2. The number of unbranched alkanes of at least 4 members (excludes halogenated alkanes) is 1. The van der Waals surface area contributed by atoms with E-state index in [0.29, 0.717) is 17.1 Å². The number of methoxy groups -OCH3 is 1. The van der Waals surface area contributed by atoms with Crippen LogP contribution < -0.4 is 14.4 Å². The summed E-state index contributed by atoms with van der Waals surface area (Å²) in [4.78, 5) is 38.8. The number of halogens is 2. The summed E-state index contributed by atoms with van der Waals surface area (Å²) in [6.07, 6.45) is 2.72. The number of rotatable bonds is 14. The summed E-state index contributed by atoms with van der Waals surface area (Å²) >= 11 is 12.2. The van der Waals surface area contributed by atoms with Crippen molar-refractivity contribution in [2.24, 2.45) is 0 Å². The molecule has 2 amide bonds. The van der Waals surface area contributed by atoms with Crippen molar-refractivity contribution in [3.63, 3.8) is 0 Å². The highest BCUT2D eigenvalue weighted by molar-refractivity contribution is 7.92. The molecule has 0 bridgehead atoms. The van der Waals surface area contributed by atoms with Crippen LogP contribution in [0, 0.1) is 10.1 Å². The Morgan fingerprint density at radius 2 is 1.82 bits per heavy atom. The van der Waals surface area contributed by atoms with Crippen LogP contribution in [0.2, 0.25) is 10.0 Å². The lowest BCUT2D eigenvalue weighted by atomic mass is 10.1. The van der Waals surface area contributed by atoms with Crippen molar-refractivity contribution < 1.29 is 27.7 Å². The monoisotopic (exact) mass is 602 g/mol. The highest BCUT2D eigenvalue weighted by atomic mass is 35.5. The number of benzene rings is 2. The van der Waals surface area contributed by atoms with Gasteiger partial charge in [-0.2, -0.15) is 0 Å². The number of non-ortho nitro benzene ring substituents is 1. The summed E-state index contributed by atoms with van der Waals surface area (Å²) < 4.78 is 31.7. The number of nitrogens with one attached hydrogen (secondary N) is 1. The smallest absolute Gasteiger partial charge is 0.271 e. The molecule has 0 spiro atoms. The quantitative estimate of drug-likeness (QED) is 0.192. The zero-order chi connectivity index (χ0) is 29.3. The molecule has 0 radical (unpaired) electrons. The summed E-state index contributed by atoms with van der Waals surface area (Å²) in [5, 5.41) is 14.8. The van der Waals surface area contributed by atoms with Gasteiger partial charge in [-0.3, -0.25) is 24.0 Å². The first-order valence-electron chi connectivity index (χ1n) is 12.1. The van der Waals surface area contributed by atoms with Gasteiger partial charge in [0, 0.05) is 25.2 Å². The first-order chi connectivity index (χ1) is 18.3. The van der Waals surface area contributed by atoms with Gasteiger partial charge in [0.05, 0.1) is 28.3 Å². The maximum absolute atomic E-state index is 13.8. The van der Waals surface area contributed by atoms with Crippen molar-refractivity contribution in [3.8, 4) is 5.75 Å². The van der Waals surface area contributed by atoms with Crippen LogP contribution in [0.5, 0.6) is 5.75 Å². The normalized spacial score (nSPS) is 11.9. The molecule has 39 heavy (non-hydrogen) atoms. The highest BCUT2D eigenvalue weighted by Crippen LogP contribution is 2.34. The molecular formula is C25H32Cl2N4O7S. The van der Waals surface area contributed by atoms with Crippen LogP contribution in [0.1, 0.15) is 38.7 Å². The molecule has 0 unspecified atom stereocenters. The van der Waals surface area contributed by atoms with Crippen LogP contribution in [0.4, 0.5) is 11.4 Å². The van der Waals surface area contributed by atoms with Gasteiger partial charge in [0.2, 0.25) is 21.8 Å². The standard InChI is InChI=1S/C25H32Cl2N4O7S/c1-5-7-12-28-25(33)21(6-2)29(15-17-8-10-19(26)20(27)13-17)24(32)16-30(39(4,36)37)22-14-18(31(34)35)9-11-23(22)38-3/h8-11,13-14,21H,5-7,12,15-16H2,1-4H3,(H,28,33)/t21-/m1/s1. The molecule has 11 nitrogen and oxygen atoms in total. The molecule has 1 atom stereocenters. The average molecular weight is 604 g/mol. The second-order valence-corrected chi connectivity index (χ2v) is 11.4. The van der Waals surface area contributed by atoms with E-state index in [1.54, 1.807) is 25.1 Å². The van der Waals surface area contributed by atoms with Crippen molar-refractivity contribution in [1.82, 2.24) is 10.2 Å². The second kappa shape index (κ2) is 14.3. The summed E-state index contributed by atoms with van der Waals surface area (Å²) in [5.41, 5.74) is -0.00447. The Kier molecular flexibility index (Phi) is 11.8. The molecular weight excluding hydrogens is 571 g/mol. The molecule has 0 aliphatic rings. The molecule has 214 valence electrons. The van der Waals surface area contributed by atoms with Crippen molar-refractivity contribution in [1.29, 1.82) is 0 Å². The number of hydrogen-bond acceptors (Lipinski definition) is 7. The van der Waals surface area contributed by atoms with Gasteiger partial charge in [-0.1, -0.05) is 49.5 Å². The summed E-state index contributed by atoms with van der Waals surface area (Å²) in [6, 6.07) is 7.26. The van der Waals surface area contributed by atoms with E-state index >= 15 is 0 Å². The van der Waals surface area contributed by atoms with Gasteiger partial charge >= 0.3 is 0 Å². The van der Waals surface area contributed by atoms with Gasteiger partial charge in [0.15, 0.2) is 0 Å². The Hall–Kier alpha value is -3.09. The van der Waals surface area contributed by atoms with Gasteiger partial charge in [0.1, 0.15) is 24.0 Å². The van der Waals surface area contributed by atoms with Crippen molar-refractivity contribution in [3.05, 3.63) is 62.1 Å². The molecule has 0 saturated carbocycles. The largest absolute Gasteiger partial charge is 0.495 e. The Morgan fingerprint density at radius 1 is 1.13 bits per heavy atom. The Bertz CT molecular complexity index is 1310. The third-order valence-electron chi connectivity index (χ3n) is 5.87. The number of anilines is 1. The minimum absolute atomic E-state index is 0.0132. The van der Waals surface area contributed by atoms with E-state index in [1.807, 2.05) is 6.92 Å². The zero-order valence-electron chi connectivity index (χ0n) is 22.1. The second-order valence-electron chi connectivity index (χ2n) is 8.72. The van der Waals surface area contributed by atoms with Crippen molar-refractivity contribution >= 4 is 56.4 Å². The molecule has 0 aromatic heterocycles. The molecule has 2 aromatic carbocycles. The van der Waals surface area contributed by atoms with Crippen molar-refractivity contribution in [2.75, 3.05) is 30.8 Å². The Balaban J connectivity index is 2.55. The van der Waals surface area contributed by atoms with Crippen LogP contribution in [-0.2, 0) is 26.2 Å². The van der Waals surface area contributed by atoms with E-state index in [2.05, 4.69) is 5.32 Å². The van der Waals surface area contributed by atoms with Crippen LogP contribution in [0.3, 0.4) is 0 Å². The van der Waals surface area contributed by atoms with E-state index in [0.717, 1.165) is 35.5 Å². The first-order valence-corrected chi connectivity index (χ1v) is 14.8. The number of nitro groups is 1.